The molecule has 2 heterocycles. The third-order valence-electron chi connectivity index (χ3n) is 6.55. The standard InChI is InChI=1S/C26H34N4O2/c1-18(2)29-13-11-23(12-14-29)28(5)26(31)22(17-27)16-21-15-19(3)30(20(21)4)24-7-9-25(32-6)10-8-24/h7-10,15-16,18,23H,11-14H2,1-6H3. The zero-order valence-corrected chi connectivity index (χ0v) is 20.1. The minimum absolute atomic E-state index is 0.168. The first kappa shape index (κ1) is 23.6. The number of benzene rings is 1. The van der Waals surface area contributed by atoms with Gasteiger partial charge in [-0.3, -0.25) is 4.79 Å². The first-order chi connectivity index (χ1) is 15.3. The third kappa shape index (κ3) is 4.89. The van der Waals surface area contributed by atoms with Crippen LogP contribution in [-0.2, 0) is 4.79 Å². The van der Waals surface area contributed by atoms with Crippen LogP contribution in [0.1, 0.15) is 43.6 Å². The van der Waals surface area contributed by atoms with Gasteiger partial charge in [0.15, 0.2) is 0 Å². The molecule has 1 fully saturated rings. The number of amides is 1. The van der Waals surface area contributed by atoms with E-state index in [1.165, 1.54) is 0 Å². The number of likely N-dealkylation sites (tertiary alicyclic amines) is 1. The molecule has 0 spiro atoms. The Morgan fingerprint density at radius 3 is 2.38 bits per heavy atom. The summed E-state index contributed by atoms with van der Waals surface area (Å²) < 4.78 is 7.38. The van der Waals surface area contributed by atoms with Crippen LogP contribution in [0.5, 0.6) is 5.75 Å². The fraction of sp³-hybridized carbons (Fsp3) is 0.462. The van der Waals surface area contributed by atoms with E-state index in [1.54, 1.807) is 18.1 Å². The zero-order chi connectivity index (χ0) is 23.4. The van der Waals surface area contributed by atoms with Crippen molar-refractivity contribution in [1.29, 1.82) is 5.26 Å². The number of ether oxygens (including phenoxy) is 1. The van der Waals surface area contributed by atoms with Crippen LogP contribution in [0.2, 0.25) is 0 Å². The number of hydrogen-bond acceptors (Lipinski definition) is 4. The fourth-order valence-electron chi connectivity index (χ4n) is 4.51. The van der Waals surface area contributed by atoms with E-state index >= 15 is 0 Å². The molecule has 170 valence electrons. The lowest BCUT2D eigenvalue weighted by Crippen LogP contribution is -2.47. The number of nitrogens with zero attached hydrogens (tertiary/aromatic N) is 4. The second-order valence-electron chi connectivity index (χ2n) is 8.81. The first-order valence-electron chi connectivity index (χ1n) is 11.2. The van der Waals surface area contributed by atoms with Crippen LogP contribution >= 0.6 is 0 Å². The van der Waals surface area contributed by atoms with Gasteiger partial charge in [-0.05, 0) is 82.5 Å². The SMILES string of the molecule is COc1ccc(-n2c(C)cc(C=C(C#N)C(=O)N(C)C3CCN(C(C)C)CC3)c2C)cc1. The summed E-state index contributed by atoms with van der Waals surface area (Å²) in [6, 6.07) is 12.7. The van der Waals surface area contributed by atoms with E-state index in [1.807, 2.05) is 51.2 Å². The molecule has 6 heteroatoms. The smallest absolute Gasteiger partial charge is 0.264 e. The average molecular weight is 435 g/mol. The number of carbonyl (C=O) groups is 1. The van der Waals surface area contributed by atoms with Gasteiger partial charge in [0.05, 0.1) is 7.11 Å². The number of aromatic nitrogens is 1. The number of hydrogen-bond donors (Lipinski definition) is 0. The van der Waals surface area contributed by atoms with Crippen LogP contribution in [0.4, 0.5) is 0 Å². The number of aryl methyl sites for hydroxylation is 1. The summed E-state index contributed by atoms with van der Waals surface area (Å²) >= 11 is 0. The Balaban J connectivity index is 1.81. The third-order valence-corrected chi connectivity index (χ3v) is 6.55. The number of nitriles is 1. The highest BCUT2D eigenvalue weighted by Gasteiger charge is 2.28. The van der Waals surface area contributed by atoms with Crippen LogP contribution in [0.25, 0.3) is 11.8 Å². The number of piperidine rings is 1. The van der Waals surface area contributed by atoms with Gasteiger partial charge in [0.1, 0.15) is 17.4 Å². The van der Waals surface area contributed by atoms with Crippen molar-refractivity contribution >= 4 is 12.0 Å². The quantitative estimate of drug-likeness (QED) is 0.501. The Kier molecular flexibility index (Phi) is 7.42. The summed E-state index contributed by atoms with van der Waals surface area (Å²) in [4.78, 5) is 17.3. The Morgan fingerprint density at radius 2 is 1.84 bits per heavy atom. The summed E-state index contributed by atoms with van der Waals surface area (Å²) in [5.74, 6) is 0.598. The van der Waals surface area contributed by atoms with Crippen molar-refractivity contribution in [2.75, 3.05) is 27.2 Å². The molecule has 1 aliphatic rings. The normalized spacial score (nSPS) is 15.6. The van der Waals surface area contributed by atoms with Crippen molar-refractivity contribution in [3.63, 3.8) is 0 Å². The van der Waals surface area contributed by atoms with Crippen molar-refractivity contribution in [3.8, 4) is 17.5 Å². The van der Waals surface area contributed by atoms with Gasteiger partial charge < -0.3 is 19.1 Å². The van der Waals surface area contributed by atoms with Gasteiger partial charge in [-0.15, -0.1) is 0 Å². The molecule has 1 aliphatic heterocycles. The zero-order valence-electron chi connectivity index (χ0n) is 20.1. The lowest BCUT2D eigenvalue weighted by atomic mass is 10.0. The Hall–Kier alpha value is -3.04. The molecule has 1 amide bonds. The molecule has 0 unspecified atom stereocenters. The van der Waals surface area contributed by atoms with E-state index in [4.69, 9.17) is 4.74 Å². The maximum atomic E-state index is 13.1. The topological polar surface area (TPSA) is 61.5 Å². The molecule has 0 saturated carbocycles. The first-order valence-corrected chi connectivity index (χ1v) is 11.2. The number of rotatable bonds is 6. The van der Waals surface area contributed by atoms with Crippen molar-refractivity contribution in [3.05, 3.63) is 52.9 Å². The molecular formula is C26H34N4O2. The second-order valence-corrected chi connectivity index (χ2v) is 8.81. The number of likely N-dealkylation sites (N-methyl/N-ethyl adjacent to an activating group) is 1. The van der Waals surface area contributed by atoms with Crippen molar-refractivity contribution in [2.45, 2.75) is 52.6 Å². The van der Waals surface area contributed by atoms with Crippen LogP contribution in [0.15, 0.2) is 35.9 Å². The molecule has 3 rings (SSSR count). The Morgan fingerprint density at radius 1 is 1.22 bits per heavy atom. The lowest BCUT2D eigenvalue weighted by Gasteiger charge is -2.38. The Labute approximate surface area is 191 Å². The van der Waals surface area contributed by atoms with E-state index < -0.39 is 0 Å². The summed E-state index contributed by atoms with van der Waals surface area (Å²) in [5.41, 5.74) is 4.10. The summed E-state index contributed by atoms with van der Waals surface area (Å²) in [5, 5.41) is 9.77. The molecule has 0 atom stereocenters. The number of methoxy groups -OCH3 is 1. The maximum absolute atomic E-state index is 13.1. The van der Waals surface area contributed by atoms with E-state index in [2.05, 4.69) is 29.4 Å². The molecule has 0 aliphatic carbocycles. The predicted octanol–water partition coefficient (Wildman–Crippen LogP) is 4.34. The summed E-state index contributed by atoms with van der Waals surface area (Å²) in [6.07, 6.45) is 3.60. The van der Waals surface area contributed by atoms with Crippen molar-refractivity contribution < 1.29 is 9.53 Å². The highest BCUT2D eigenvalue weighted by Crippen LogP contribution is 2.25. The largest absolute Gasteiger partial charge is 0.497 e. The highest BCUT2D eigenvalue weighted by molar-refractivity contribution is 6.01. The van der Waals surface area contributed by atoms with Crippen molar-refractivity contribution in [1.82, 2.24) is 14.4 Å². The van der Waals surface area contributed by atoms with Gasteiger partial charge in [0, 0.05) is 49.3 Å². The van der Waals surface area contributed by atoms with Gasteiger partial charge in [-0.1, -0.05) is 0 Å². The molecular weight excluding hydrogens is 400 g/mol. The summed E-state index contributed by atoms with van der Waals surface area (Å²) in [6.45, 7) is 10.4. The highest BCUT2D eigenvalue weighted by atomic mass is 16.5. The van der Waals surface area contributed by atoms with Crippen molar-refractivity contribution in [2.24, 2.45) is 0 Å². The van der Waals surface area contributed by atoms with E-state index in [9.17, 15) is 10.1 Å². The number of carbonyl (C=O) groups excluding carboxylic acids is 1. The van der Waals surface area contributed by atoms with Crippen LogP contribution in [0, 0.1) is 25.2 Å². The fourth-order valence-corrected chi connectivity index (χ4v) is 4.51. The average Bonchev–Trinajstić information content (AvgIpc) is 3.09. The molecule has 1 saturated heterocycles. The van der Waals surface area contributed by atoms with Gasteiger partial charge in [-0.2, -0.15) is 5.26 Å². The van der Waals surface area contributed by atoms with E-state index in [0.29, 0.717) is 6.04 Å². The van der Waals surface area contributed by atoms with E-state index in [-0.39, 0.29) is 17.5 Å². The molecule has 0 radical (unpaired) electrons. The molecule has 32 heavy (non-hydrogen) atoms. The van der Waals surface area contributed by atoms with Gasteiger partial charge >= 0.3 is 0 Å². The minimum Gasteiger partial charge on any atom is -0.497 e. The van der Waals surface area contributed by atoms with Crippen LogP contribution in [0.3, 0.4) is 0 Å². The molecule has 6 nitrogen and oxygen atoms in total. The van der Waals surface area contributed by atoms with Gasteiger partial charge in [-0.25, -0.2) is 0 Å². The maximum Gasteiger partial charge on any atom is 0.264 e. The van der Waals surface area contributed by atoms with Crippen LogP contribution in [-0.4, -0.2) is 59.6 Å². The molecule has 2 aromatic rings. The van der Waals surface area contributed by atoms with Crippen LogP contribution < -0.4 is 4.74 Å². The lowest BCUT2D eigenvalue weighted by molar-refractivity contribution is -0.128. The molecule has 1 aromatic carbocycles. The van der Waals surface area contributed by atoms with Gasteiger partial charge in [0.25, 0.3) is 5.91 Å². The molecule has 1 aromatic heterocycles. The summed E-state index contributed by atoms with van der Waals surface area (Å²) in [7, 11) is 3.47. The Bertz CT molecular complexity index is 1020. The predicted molar refractivity (Wildman–Crippen MR) is 128 cm³/mol. The second kappa shape index (κ2) is 10.1. The molecule has 0 N–H and O–H groups in total. The monoisotopic (exact) mass is 434 g/mol. The van der Waals surface area contributed by atoms with E-state index in [0.717, 1.165) is 54.3 Å². The molecule has 0 bridgehead atoms. The minimum atomic E-state index is -0.204. The van der Waals surface area contributed by atoms with Gasteiger partial charge in [0.2, 0.25) is 0 Å².